The molecule has 5 heteroatoms. The fourth-order valence-electron chi connectivity index (χ4n) is 1.62. The molecule has 0 fully saturated rings. The van der Waals surface area contributed by atoms with Gasteiger partial charge in [0.15, 0.2) is 0 Å². The molecule has 0 saturated heterocycles. The van der Waals surface area contributed by atoms with E-state index in [2.05, 4.69) is 0 Å². The molecule has 1 aromatic carbocycles. The first-order valence-corrected chi connectivity index (χ1v) is 5.45. The second-order valence-electron chi connectivity index (χ2n) is 3.91. The Labute approximate surface area is 101 Å². The lowest BCUT2D eigenvalue weighted by atomic mass is 10.1. The molecule has 0 spiro atoms. The maximum atomic E-state index is 11.0. The van der Waals surface area contributed by atoms with Crippen molar-refractivity contribution in [3.63, 3.8) is 0 Å². The molecule has 0 heterocycles. The van der Waals surface area contributed by atoms with E-state index in [-0.39, 0.29) is 0 Å². The molecule has 94 valence electrons. The molecule has 5 nitrogen and oxygen atoms in total. The predicted octanol–water partition coefficient (Wildman–Crippen LogP) is 0.840. The lowest BCUT2D eigenvalue weighted by Crippen LogP contribution is -2.21. The van der Waals surface area contributed by atoms with Crippen LogP contribution in [0.1, 0.15) is 16.8 Å². The van der Waals surface area contributed by atoms with E-state index in [1.54, 1.807) is 19.2 Å². The summed E-state index contributed by atoms with van der Waals surface area (Å²) in [4.78, 5) is 13.0. The van der Waals surface area contributed by atoms with Crippen molar-refractivity contribution in [2.24, 2.45) is 5.73 Å². The van der Waals surface area contributed by atoms with Crippen LogP contribution in [0.15, 0.2) is 18.2 Å². The highest BCUT2D eigenvalue weighted by atomic mass is 16.5. The third-order valence-corrected chi connectivity index (χ3v) is 2.57. The van der Waals surface area contributed by atoms with E-state index >= 15 is 0 Å². The van der Waals surface area contributed by atoms with Gasteiger partial charge in [0.1, 0.15) is 0 Å². The van der Waals surface area contributed by atoms with Gasteiger partial charge < -0.3 is 21.1 Å². The number of amides is 1. The van der Waals surface area contributed by atoms with Crippen LogP contribution in [0.3, 0.4) is 0 Å². The molecule has 0 bridgehead atoms. The largest absolute Gasteiger partial charge is 0.397 e. The Balaban J connectivity index is 2.74. The minimum Gasteiger partial charge on any atom is -0.397 e. The number of benzene rings is 1. The number of rotatable bonds is 6. The summed E-state index contributed by atoms with van der Waals surface area (Å²) in [7, 11) is 3.63. The van der Waals surface area contributed by atoms with Crippen LogP contribution in [0.4, 0.5) is 11.4 Å². The average Bonchev–Trinajstić information content (AvgIpc) is 2.28. The Hall–Kier alpha value is -1.75. The second kappa shape index (κ2) is 6.10. The van der Waals surface area contributed by atoms with E-state index in [9.17, 15) is 4.79 Å². The molecule has 0 unspecified atom stereocenters. The predicted molar refractivity (Wildman–Crippen MR) is 69.1 cm³/mol. The lowest BCUT2D eigenvalue weighted by Gasteiger charge is -2.21. The van der Waals surface area contributed by atoms with Crippen molar-refractivity contribution in [2.75, 3.05) is 37.9 Å². The second-order valence-corrected chi connectivity index (χ2v) is 3.91. The van der Waals surface area contributed by atoms with Gasteiger partial charge in [-0.1, -0.05) is 0 Å². The molecule has 4 N–H and O–H groups in total. The standard InChI is InChI=1S/C12H19N3O2/c1-15(6-3-7-17-2)11-5-4-9(12(14)16)8-10(11)13/h4-5,8H,3,6-7,13H2,1-2H3,(H2,14,16). The van der Waals surface area contributed by atoms with Crippen molar-refractivity contribution in [1.29, 1.82) is 0 Å². The smallest absolute Gasteiger partial charge is 0.248 e. The number of nitrogen functional groups attached to an aromatic ring is 1. The van der Waals surface area contributed by atoms with Gasteiger partial charge in [-0.15, -0.1) is 0 Å². The summed E-state index contributed by atoms with van der Waals surface area (Å²) in [6, 6.07) is 5.09. The van der Waals surface area contributed by atoms with E-state index in [4.69, 9.17) is 16.2 Å². The number of carbonyl (C=O) groups is 1. The van der Waals surface area contributed by atoms with Crippen LogP contribution in [-0.4, -0.2) is 33.2 Å². The highest BCUT2D eigenvalue weighted by Crippen LogP contribution is 2.23. The quantitative estimate of drug-likeness (QED) is 0.567. The summed E-state index contributed by atoms with van der Waals surface area (Å²) >= 11 is 0. The van der Waals surface area contributed by atoms with Crippen molar-refractivity contribution in [2.45, 2.75) is 6.42 Å². The van der Waals surface area contributed by atoms with E-state index in [0.29, 0.717) is 17.9 Å². The molecule has 0 aliphatic rings. The number of hydrogen-bond acceptors (Lipinski definition) is 4. The molecule has 0 aromatic heterocycles. The van der Waals surface area contributed by atoms with Crippen molar-refractivity contribution in [3.8, 4) is 0 Å². The number of hydrogen-bond donors (Lipinski definition) is 2. The van der Waals surface area contributed by atoms with Crippen LogP contribution < -0.4 is 16.4 Å². The Bertz CT molecular complexity index is 393. The van der Waals surface area contributed by atoms with Gasteiger partial charge in [-0.3, -0.25) is 4.79 Å². The van der Waals surface area contributed by atoms with Crippen molar-refractivity contribution in [1.82, 2.24) is 0 Å². The third-order valence-electron chi connectivity index (χ3n) is 2.57. The van der Waals surface area contributed by atoms with Gasteiger partial charge in [-0.25, -0.2) is 0 Å². The molecule has 0 saturated carbocycles. The Kier molecular flexibility index (Phi) is 4.78. The zero-order chi connectivity index (χ0) is 12.8. The maximum Gasteiger partial charge on any atom is 0.248 e. The summed E-state index contributed by atoms with van der Waals surface area (Å²) in [5.74, 6) is -0.467. The molecule has 1 aromatic rings. The molecule has 1 amide bonds. The first-order chi connectivity index (χ1) is 8.06. The van der Waals surface area contributed by atoms with Gasteiger partial charge in [0.25, 0.3) is 0 Å². The Morgan fingerprint density at radius 2 is 2.18 bits per heavy atom. The van der Waals surface area contributed by atoms with E-state index in [1.165, 1.54) is 0 Å². The highest BCUT2D eigenvalue weighted by Gasteiger charge is 2.08. The Morgan fingerprint density at radius 1 is 1.47 bits per heavy atom. The minimum atomic E-state index is -0.467. The van der Waals surface area contributed by atoms with Crippen molar-refractivity contribution >= 4 is 17.3 Å². The summed E-state index contributed by atoms with van der Waals surface area (Å²) in [6.07, 6.45) is 0.921. The van der Waals surface area contributed by atoms with E-state index in [0.717, 1.165) is 18.7 Å². The number of nitrogens with two attached hydrogens (primary N) is 2. The maximum absolute atomic E-state index is 11.0. The van der Waals surface area contributed by atoms with Crippen LogP contribution in [0.2, 0.25) is 0 Å². The molecule has 0 radical (unpaired) electrons. The number of nitrogens with zero attached hydrogens (tertiary/aromatic N) is 1. The van der Waals surface area contributed by atoms with E-state index in [1.807, 2.05) is 18.0 Å². The molecule has 0 atom stereocenters. The first-order valence-electron chi connectivity index (χ1n) is 5.45. The molecular weight excluding hydrogens is 218 g/mol. The van der Waals surface area contributed by atoms with Gasteiger partial charge in [-0.05, 0) is 24.6 Å². The van der Waals surface area contributed by atoms with Crippen LogP contribution in [0.5, 0.6) is 0 Å². The highest BCUT2D eigenvalue weighted by molar-refractivity contribution is 5.94. The lowest BCUT2D eigenvalue weighted by molar-refractivity contribution is 0.100. The molecule has 17 heavy (non-hydrogen) atoms. The topological polar surface area (TPSA) is 81.6 Å². The van der Waals surface area contributed by atoms with Crippen LogP contribution in [0, 0.1) is 0 Å². The van der Waals surface area contributed by atoms with Gasteiger partial charge in [0.05, 0.1) is 11.4 Å². The normalized spacial score (nSPS) is 10.2. The molecule has 0 aliphatic carbocycles. The third kappa shape index (κ3) is 3.64. The zero-order valence-corrected chi connectivity index (χ0v) is 10.3. The van der Waals surface area contributed by atoms with E-state index < -0.39 is 5.91 Å². The van der Waals surface area contributed by atoms with Gasteiger partial charge in [0, 0.05) is 32.9 Å². The summed E-state index contributed by atoms with van der Waals surface area (Å²) in [5.41, 5.74) is 12.9. The number of ether oxygens (including phenoxy) is 1. The molecule has 0 aliphatic heterocycles. The van der Waals surface area contributed by atoms with Gasteiger partial charge in [0.2, 0.25) is 5.91 Å². The number of carbonyl (C=O) groups excluding carboxylic acids is 1. The number of methoxy groups -OCH3 is 1. The molecular formula is C12H19N3O2. The minimum absolute atomic E-state index is 0.427. The van der Waals surface area contributed by atoms with Gasteiger partial charge >= 0.3 is 0 Å². The summed E-state index contributed by atoms with van der Waals surface area (Å²) in [6.45, 7) is 1.55. The SMILES string of the molecule is COCCCN(C)c1ccc(C(N)=O)cc1N. The summed E-state index contributed by atoms with van der Waals surface area (Å²) < 4.78 is 4.99. The summed E-state index contributed by atoms with van der Waals surface area (Å²) in [5, 5.41) is 0. The number of anilines is 2. The van der Waals surface area contributed by atoms with Crippen LogP contribution in [-0.2, 0) is 4.74 Å². The van der Waals surface area contributed by atoms with Crippen LogP contribution in [0.25, 0.3) is 0 Å². The monoisotopic (exact) mass is 237 g/mol. The fourth-order valence-corrected chi connectivity index (χ4v) is 1.62. The van der Waals surface area contributed by atoms with Gasteiger partial charge in [-0.2, -0.15) is 0 Å². The number of primary amides is 1. The Morgan fingerprint density at radius 3 is 2.71 bits per heavy atom. The fraction of sp³-hybridized carbons (Fsp3) is 0.417. The van der Waals surface area contributed by atoms with Crippen molar-refractivity contribution < 1.29 is 9.53 Å². The first kappa shape index (κ1) is 13.3. The average molecular weight is 237 g/mol. The van der Waals surface area contributed by atoms with Crippen LogP contribution >= 0.6 is 0 Å². The van der Waals surface area contributed by atoms with Crippen molar-refractivity contribution in [3.05, 3.63) is 23.8 Å². The molecule has 1 rings (SSSR count). The zero-order valence-electron chi connectivity index (χ0n) is 10.3.